The summed E-state index contributed by atoms with van der Waals surface area (Å²) in [6.45, 7) is 9.65. The Labute approximate surface area is 283 Å². The van der Waals surface area contributed by atoms with Crippen LogP contribution in [0.5, 0.6) is 0 Å². The van der Waals surface area contributed by atoms with E-state index < -0.39 is 93.6 Å². The first-order valence-electron chi connectivity index (χ1n) is 17.2. The summed E-state index contributed by atoms with van der Waals surface area (Å²) in [7, 11) is -3.64. The van der Waals surface area contributed by atoms with Crippen LogP contribution in [-0.2, 0) is 28.8 Å². The van der Waals surface area contributed by atoms with Crippen molar-refractivity contribution in [2.45, 2.75) is 121 Å². The smallest absolute Gasteiger partial charge is 0.396 e. The van der Waals surface area contributed by atoms with E-state index in [0.717, 1.165) is 0 Å². The van der Waals surface area contributed by atoms with E-state index in [-0.39, 0.29) is 37.4 Å². The van der Waals surface area contributed by atoms with Gasteiger partial charge in [0.2, 0.25) is 0 Å². The maximum absolute atomic E-state index is 12.8. The summed E-state index contributed by atoms with van der Waals surface area (Å²) in [5, 5.41) is 66.7. The van der Waals surface area contributed by atoms with Crippen LogP contribution < -0.4 is 0 Å². The number of allylic oxidation sites excluding steroid dienone is 1. The van der Waals surface area contributed by atoms with E-state index in [0.29, 0.717) is 31.3 Å². The number of hydrogen-bond donors (Lipinski definition) is 7. The molecule has 0 bridgehead atoms. The molecule has 4 fully saturated rings. The van der Waals surface area contributed by atoms with Gasteiger partial charge in [-0.25, -0.2) is 4.18 Å². The summed E-state index contributed by atoms with van der Waals surface area (Å²) >= 11 is 0. The largest absolute Gasteiger partial charge is 0.397 e. The van der Waals surface area contributed by atoms with E-state index in [1.165, 1.54) is 7.11 Å². The highest BCUT2D eigenvalue weighted by Gasteiger charge is 2.73. The molecule has 0 aromatic carbocycles. The summed E-state index contributed by atoms with van der Waals surface area (Å²) in [6.07, 6.45) is -1.10. The van der Waals surface area contributed by atoms with Gasteiger partial charge in [0.15, 0.2) is 6.29 Å². The first kappa shape index (κ1) is 38.2. The lowest BCUT2D eigenvalue weighted by Gasteiger charge is -2.64. The number of aliphatic hydroxyl groups excluding tert-OH is 5. The van der Waals surface area contributed by atoms with Crippen molar-refractivity contribution in [1.82, 2.24) is 0 Å². The number of hydrogen-bond acceptors (Lipinski definition) is 12. The third kappa shape index (κ3) is 6.58. The molecule has 276 valence electrons. The molecule has 5 rings (SSSR count). The van der Waals surface area contributed by atoms with Gasteiger partial charge < -0.3 is 44.8 Å². The molecule has 0 radical (unpaired) electrons. The van der Waals surface area contributed by atoms with Crippen LogP contribution in [0.15, 0.2) is 23.8 Å². The van der Waals surface area contributed by atoms with E-state index in [2.05, 4.69) is 0 Å². The van der Waals surface area contributed by atoms with Gasteiger partial charge in [-0.1, -0.05) is 52.8 Å². The van der Waals surface area contributed by atoms with Crippen molar-refractivity contribution in [3.63, 3.8) is 0 Å². The van der Waals surface area contributed by atoms with Crippen molar-refractivity contribution >= 4 is 10.4 Å². The Morgan fingerprint density at radius 3 is 2.33 bits per heavy atom. The van der Waals surface area contributed by atoms with Crippen molar-refractivity contribution in [2.24, 2.45) is 46.3 Å². The van der Waals surface area contributed by atoms with E-state index in [4.69, 9.17) is 18.4 Å². The van der Waals surface area contributed by atoms with Gasteiger partial charge in [-0.3, -0.25) is 4.55 Å². The Balaban J connectivity index is 1.47. The standard InChI is InChI=1S/C34H56O13S/c1-17(2)19(15-35)8-7-18(3)25-27(39)28(47-48(41,42)43)30-33(25,5)12-10-24-32(4)11-9-20(13-21(32)22(36)14-34(24,30)40)46-31-29(44-6)26(38)23(37)16-45-31/h7-8,13,17-20,22-31,35-40H,9-12,14-16H2,1-6H3,(H,41,42,43)/b8-7+/t18-,19-,20+,22-,23-,24-,25+,26+,27-,28+,29-,30-,31+,32+,33-,34+/m1/s1. The second kappa shape index (κ2) is 13.8. The molecule has 7 N–H and O–H groups in total. The normalized spacial score (nSPS) is 47.7. The zero-order valence-corrected chi connectivity index (χ0v) is 29.6. The molecular weight excluding hydrogens is 648 g/mol. The molecule has 1 saturated heterocycles. The van der Waals surface area contributed by atoms with E-state index in [1.807, 2.05) is 52.8 Å². The van der Waals surface area contributed by atoms with Gasteiger partial charge in [-0.2, -0.15) is 8.42 Å². The second-order valence-electron chi connectivity index (χ2n) is 15.8. The zero-order valence-electron chi connectivity index (χ0n) is 28.8. The van der Waals surface area contributed by atoms with Crippen molar-refractivity contribution in [3.05, 3.63) is 23.8 Å². The molecule has 0 amide bonds. The third-order valence-corrected chi connectivity index (χ3v) is 13.2. The molecule has 0 aromatic heterocycles. The van der Waals surface area contributed by atoms with Gasteiger partial charge in [-0.05, 0) is 65.8 Å². The number of aliphatic hydroxyl groups is 6. The van der Waals surface area contributed by atoms with Crippen molar-refractivity contribution in [1.29, 1.82) is 0 Å². The molecular formula is C34H56O13S. The molecule has 5 aliphatic rings. The van der Waals surface area contributed by atoms with E-state index >= 15 is 0 Å². The quantitative estimate of drug-likeness (QED) is 0.127. The Kier molecular flexibility index (Phi) is 11.0. The highest BCUT2D eigenvalue weighted by molar-refractivity contribution is 7.80. The van der Waals surface area contributed by atoms with Gasteiger partial charge >= 0.3 is 10.4 Å². The topological polar surface area (TPSA) is 213 Å². The van der Waals surface area contributed by atoms with Gasteiger partial charge in [0.25, 0.3) is 0 Å². The van der Waals surface area contributed by atoms with E-state index in [1.54, 1.807) is 0 Å². The molecule has 1 aliphatic heterocycles. The lowest BCUT2D eigenvalue weighted by molar-refractivity contribution is -0.285. The molecule has 0 unspecified atom stereocenters. The van der Waals surface area contributed by atoms with Crippen LogP contribution in [0.2, 0.25) is 0 Å². The maximum Gasteiger partial charge on any atom is 0.397 e. The average molecular weight is 705 g/mol. The summed E-state index contributed by atoms with van der Waals surface area (Å²) in [4.78, 5) is 0. The highest BCUT2D eigenvalue weighted by atomic mass is 32.3. The Hall–Kier alpha value is -1.01. The van der Waals surface area contributed by atoms with Crippen LogP contribution >= 0.6 is 0 Å². The maximum atomic E-state index is 12.8. The second-order valence-corrected chi connectivity index (χ2v) is 16.9. The predicted molar refractivity (Wildman–Crippen MR) is 172 cm³/mol. The van der Waals surface area contributed by atoms with Crippen LogP contribution in [0.1, 0.15) is 66.7 Å². The third-order valence-electron chi connectivity index (χ3n) is 12.8. The molecule has 48 heavy (non-hydrogen) atoms. The van der Waals surface area contributed by atoms with E-state index in [9.17, 15) is 43.6 Å². The molecule has 1 heterocycles. The van der Waals surface area contributed by atoms with Gasteiger partial charge in [0.05, 0.1) is 30.5 Å². The molecule has 16 atom stereocenters. The number of ether oxygens (including phenoxy) is 3. The molecule has 14 heteroatoms. The van der Waals surface area contributed by atoms with Gasteiger partial charge in [-0.15, -0.1) is 0 Å². The molecule has 3 saturated carbocycles. The van der Waals surface area contributed by atoms with Crippen LogP contribution in [0.4, 0.5) is 0 Å². The fourth-order valence-corrected chi connectivity index (χ4v) is 11.0. The minimum absolute atomic E-state index is 0.0478. The Morgan fingerprint density at radius 1 is 1.04 bits per heavy atom. The first-order chi connectivity index (χ1) is 22.3. The fraction of sp³-hybridized carbons (Fsp3) is 0.882. The molecule has 0 spiro atoms. The first-order valence-corrected chi connectivity index (χ1v) is 18.6. The minimum Gasteiger partial charge on any atom is -0.396 e. The lowest BCUT2D eigenvalue weighted by atomic mass is 9.43. The average Bonchev–Trinajstić information content (AvgIpc) is 3.20. The van der Waals surface area contributed by atoms with Crippen LogP contribution in [0.3, 0.4) is 0 Å². The fourth-order valence-electron chi connectivity index (χ4n) is 10.5. The van der Waals surface area contributed by atoms with Gasteiger partial charge in [0.1, 0.15) is 24.4 Å². The predicted octanol–water partition coefficient (Wildman–Crippen LogP) is 1.35. The summed E-state index contributed by atoms with van der Waals surface area (Å²) in [6, 6.07) is 0. The molecule has 0 aromatic rings. The van der Waals surface area contributed by atoms with Crippen molar-refractivity contribution in [3.8, 4) is 0 Å². The summed E-state index contributed by atoms with van der Waals surface area (Å²) < 4.78 is 56.7. The van der Waals surface area contributed by atoms with Crippen molar-refractivity contribution < 1.29 is 62.0 Å². The van der Waals surface area contributed by atoms with Crippen LogP contribution in [0.25, 0.3) is 0 Å². The Bertz CT molecular complexity index is 1320. The van der Waals surface area contributed by atoms with Crippen LogP contribution in [-0.4, -0.2) is 119 Å². The Morgan fingerprint density at radius 2 is 1.73 bits per heavy atom. The number of rotatable bonds is 10. The lowest BCUT2D eigenvalue weighted by Crippen LogP contribution is -2.66. The highest BCUT2D eigenvalue weighted by Crippen LogP contribution is 2.69. The molecule has 4 aliphatic carbocycles. The SMILES string of the molecule is CO[C@H]1[C@H](O[C@@H]2C=C3[C@H](O)C[C@@]4(O)[C@@H]5[C@@H](OS(=O)(=O)O)[C@H](O)[C@H]([C@H](C)/C=C/[C@H](CO)C(C)C)[C@@]5(C)CC[C@@H]4[C@@]3(C)CC2)OC[C@@H](O)[C@@H]1O. The van der Waals surface area contributed by atoms with Crippen molar-refractivity contribution in [2.75, 3.05) is 20.3 Å². The minimum atomic E-state index is -5.03. The number of methoxy groups -OCH3 is 1. The summed E-state index contributed by atoms with van der Waals surface area (Å²) in [5.74, 6) is -2.21. The van der Waals surface area contributed by atoms with Crippen LogP contribution in [0, 0.1) is 46.3 Å². The van der Waals surface area contributed by atoms with Gasteiger partial charge in [0, 0.05) is 32.0 Å². The molecule has 13 nitrogen and oxygen atoms in total. The zero-order chi connectivity index (χ0) is 35.6. The summed E-state index contributed by atoms with van der Waals surface area (Å²) in [5.41, 5.74) is -2.54. The number of fused-ring (bicyclic) bond motifs is 5. The monoisotopic (exact) mass is 704 g/mol.